The molecule has 0 N–H and O–H groups in total. The fourth-order valence-electron chi connectivity index (χ4n) is 3.43. The summed E-state index contributed by atoms with van der Waals surface area (Å²) in [5.74, 6) is -0.955. The quantitative estimate of drug-likeness (QED) is 0.679. The lowest BCUT2D eigenvalue weighted by Gasteiger charge is -2.28. The van der Waals surface area contributed by atoms with E-state index < -0.39 is 5.82 Å². The van der Waals surface area contributed by atoms with Crippen molar-refractivity contribution in [2.24, 2.45) is 0 Å². The van der Waals surface area contributed by atoms with Crippen LogP contribution in [0.1, 0.15) is 35.0 Å². The van der Waals surface area contributed by atoms with Crippen LogP contribution in [0.15, 0.2) is 35.3 Å². The van der Waals surface area contributed by atoms with Gasteiger partial charge in [-0.3, -0.25) is 9.48 Å². The monoisotopic (exact) mass is 388 g/mol. The first-order chi connectivity index (χ1) is 13.1. The molecule has 0 fully saturated rings. The minimum absolute atomic E-state index is 0.0186. The standard InChI is InChI=1S/C19H18ClFN4O2/c1-2-6-25-17-5-7-24(19(26)13-8-12(20)3-4-15(13)21)9-14(17)18(23-25)16-10-27-11-22-16/h3-4,8,10-11H,2,5-7,9H2,1H3. The van der Waals surface area contributed by atoms with Gasteiger partial charge in [-0.25, -0.2) is 9.37 Å². The maximum atomic E-state index is 14.1. The van der Waals surface area contributed by atoms with Crippen molar-refractivity contribution in [3.63, 3.8) is 0 Å². The molecule has 0 saturated carbocycles. The molecule has 0 aliphatic carbocycles. The summed E-state index contributed by atoms with van der Waals surface area (Å²) in [5.41, 5.74) is 3.33. The van der Waals surface area contributed by atoms with Crippen LogP contribution >= 0.6 is 11.6 Å². The van der Waals surface area contributed by atoms with E-state index >= 15 is 0 Å². The van der Waals surface area contributed by atoms with E-state index in [1.807, 2.05) is 4.68 Å². The number of halogens is 2. The Kier molecular flexibility index (Phi) is 4.70. The zero-order valence-electron chi connectivity index (χ0n) is 14.8. The summed E-state index contributed by atoms with van der Waals surface area (Å²) in [5, 5.41) is 5.01. The highest BCUT2D eigenvalue weighted by Gasteiger charge is 2.30. The lowest BCUT2D eigenvalue weighted by molar-refractivity contribution is 0.0728. The number of carbonyl (C=O) groups excluding carboxylic acids is 1. The Morgan fingerprint density at radius 1 is 1.41 bits per heavy atom. The van der Waals surface area contributed by atoms with Gasteiger partial charge in [-0.1, -0.05) is 18.5 Å². The molecule has 0 atom stereocenters. The summed E-state index contributed by atoms with van der Waals surface area (Å²) in [7, 11) is 0. The molecule has 0 spiro atoms. The van der Waals surface area contributed by atoms with Crippen LogP contribution in [0.3, 0.4) is 0 Å². The van der Waals surface area contributed by atoms with Gasteiger partial charge in [0.05, 0.1) is 12.1 Å². The summed E-state index contributed by atoms with van der Waals surface area (Å²) in [6, 6.07) is 4.01. The summed E-state index contributed by atoms with van der Waals surface area (Å²) in [6.07, 6.45) is 4.49. The van der Waals surface area contributed by atoms with Gasteiger partial charge in [0.1, 0.15) is 23.5 Å². The van der Waals surface area contributed by atoms with E-state index in [4.69, 9.17) is 16.0 Å². The van der Waals surface area contributed by atoms with Gasteiger partial charge in [-0.2, -0.15) is 5.10 Å². The normalized spacial score (nSPS) is 13.7. The third kappa shape index (κ3) is 3.23. The molecule has 1 aromatic carbocycles. The smallest absolute Gasteiger partial charge is 0.257 e. The Bertz CT molecular complexity index is 984. The topological polar surface area (TPSA) is 64.2 Å². The molecule has 2 aromatic heterocycles. The van der Waals surface area contributed by atoms with Gasteiger partial charge in [-0.15, -0.1) is 0 Å². The maximum absolute atomic E-state index is 14.1. The first kappa shape index (κ1) is 17.7. The van der Waals surface area contributed by atoms with Crippen LogP contribution in [0, 0.1) is 5.82 Å². The van der Waals surface area contributed by atoms with Crippen LogP contribution in [0.5, 0.6) is 0 Å². The van der Waals surface area contributed by atoms with Gasteiger partial charge in [0, 0.05) is 35.8 Å². The van der Waals surface area contributed by atoms with Crippen molar-refractivity contribution in [3.05, 3.63) is 58.5 Å². The molecule has 3 heterocycles. The first-order valence-corrected chi connectivity index (χ1v) is 9.17. The Hall–Kier alpha value is -2.67. The average molecular weight is 389 g/mol. The molecule has 0 unspecified atom stereocenters. The van der Waals surface area contributed by atoms with E-state index in [0.29, 0.717) is 35.9 Å². The number of fused-ring (bicyclic) bond motifs is 1. The summed E-state index contributed by atoms with van der Waals surface area (Å²) < 4.78 is 21.2. The summed E-state index contributed by atoms with van der Waals surface area (Å²) in [6.45, 7) is 3.71. The van der Waals surface area contributed by atoms with E-state index in [0.717, 1.165) is 24.2 Å². The Morgan fingerprint density at radius 3 is 3.00 bits per heavy atom. The number of benzene rings is 1. The number of oxazole rings is 1. The molecule has 6 nitrogen and oxygen atoms in total. The summed E-state index contributed by atoms with van der Waals surface area (Å²) >= 11 is 5.94. The molecule has 3 aromatic rings. The second-order valence-corrected chi connectivity index (χ2v) is 6.91. The number of aryl methyl sites for hydroxylation is 1. The van der Waals surface area contributed by atoms with Crippen LogP contribution in [0.25, 0.3) is 11.4 Å². The fourth-order valence-corrected chi connectivity index (χ4v) is 3.60. The van der Waals surface area contributed by atoms with Gasteiger partial charge < -0.3 is 9.32 Å². The van der Waals surface area contributed by atoms with Crippen LogP contribution in [-0.4, -0.2) is 32.1 Å². The van der Waals surface area contributed by atoms with Crippen molar-refractivity contribution in [2.45, 2.75) is 32.9 Å². The fraction of sp³-hybridized carbons (Fsp3) is 0.316. The van der Waals surface area contributed by atoms with Crippen LogP contribution < -0.4 is 0 Å². The van der Waals surface area contributed by atoms with Crippen molar-refractivity contribution in [1.82, 2.24) is 19.7 Å². The molecule has 0 saturated heterocycles. The highest BCUT2D eigenvalue weighted by atomic mass is 35.5. The number of nitrogens with zero attached hydrogens (tertiary/aromatic N) is 4. The van der Waals surface area contributed by atoms with E-state index in [2.05, 4.69) is 17.0 Å². The van der Waals surface area contributed by atoms with Crippen LogP contribution in [-0.2, 0) is 19.5 Å². The van der Waals surface area contributed by atoms with Gasteiger partial charge in [0.15, 0.2) is 6.39 Å². The zero-order chi connectivity index (χ0) is 19.0. The SMILES string of the molecule is CCCn1nc(-c2cocn2)c2c1CCN(C(=O)c1cc(Cl)ccc1F)C2. The molecule has 4 rings (SSSR count). The second kappa shape index (κ2) is 7.15. The lowest BCUT2D eigenvalue weighted by Crippen LogP contribution is -2.37. The van der Waals surface area contributed by atoms with E-state index in [-0.39, 0.29) is 11.5 Å². The number of carbonyl (C=O) groups is 1. The minimum atomic E-state index is -0.575. The van der Waals surface area contributed by atoms with Crippen molar-refractivity contribution in [2.75, 3.05) is 6.54 Å². The molecule has 8 heteroatoms. The Morgan fingerprint density at radius 2 is 2.26 bits per heavy atom. The largest absolute Gasteiger partial charge is 0.451 e. The molecular formula is C19H18ClFN4O2. The molecule has 140 valence electrons. The van der Waals surface area contributed by atoms with E-state index in [1.54, 1.807) is 4.90 Å². The van der Waals surface area contributed by atoms with Crippen molar-refractivity contribution in [3.8, 4) is 11.4 Å². The van der Waals surface area contributed by atoms with Gasteiger partial charge >= 0.3 is 0 Å². The third-order valence-corrected chi connectivity index (χ3v) is 4.93. The molecule has 1 aliphatic heterocycles. The van der Waals surface area contributed by atoms with Crippen molar-refractivity contribution >= 4 is 17.5 Å². The zero-order valence-corrected chi connectivity index (χ0v) is 15.5. The van der Waals surface area contributed by atoms with Crippen LogP contribution in [0.2, 0.25) is 5.02 Å². The predicted molar refractivity (Wildman–Crippen MR) is 97.9 cm³/mol. The number of rotatable bonds is 4. The highest BCUT2D eigenvalue weighted by molar-refractivity contribution is 6.31. The van der Waals surface area contributed by atoms with E-state index in [9.17, 15) is 9.18 Å². The molecular weight excluding hydrogens is 371 g/mol. The second-order valence-electron chi connectivity index (χ2n) is 6.47. The number of amides is 1. The molecule has 1 aliphatic rings. The van der Waals surface area contributed by atoms with Gasteiger partial charge in [0.2, 0.25) is 0 Å². The van der Waals surface area contributed by atoms with E-state index in [1.165, 1.54) is 30.9 Å². The third-order valence-electron chi connectivity index (χ3n) is 4.69. The summed E-state index contributed by atoms with van der Waals surface area (Å²) in [4.78, 5) is 18.7. The van der Waals surface area contributed by atoms with Crippen LogP contribution in [0.4, 0.5) is 4.39 Å². The molecule has 1 amide bonds. The lowest BCUT2D eigenvalue weighted by atomic mass is 10.0. The predicted octanol–water partition coefficient (Wildman–Crippen LogP) is 3.94. The number of aromatic nitrogens is 3. The Balaban J connectivity index is 1.70. The minimum Gasteiger partial charge on any atom is -0.451 e. The number of hydrogen-bond acceptors (Lipinski definition) is 4. The maximum Gasteiger partial charge on any atom is 0.257 e. The molecule has 0 bridgehead atoms. The molecule has 0 radical (unpaired) electrons. The first-order valence-electron chi connectivity index (χ1n) is 8.80. The molecule has 27 heavy (non-hydrogen) atoms. The Labute approximate surface area is 160 Å². The average Bonchev–Trinajstić information content (AvgIpc) is 3.31. The number of hydrogen-bond donors (Lipinski definition) is 0. The van der Waals surface area contributed by atoms with Gasteiger partial charge in [0.25, 0.3) is 5.91 Å². The van der Waals surface area contributed by atoms with Crippen molar-refractivity contribution in [1.29, 1.82) is 0 Å². The van der Waals surface area contributed by atoms with Gasteiger partial charge in [-0.05, 0) is 24.6 Å². The van der Waals surface area contributed by atoms with Crippen molar-refractivity contribution < 1.29 is 13.6 Å². The highest BCUT2D eigenvalue weighted by Crippen LogP contribution is 2.30.